The Bertz CT molecular complexity index is 1650. The molecule has 0 aliphatic heterocycles. The first-order valence-corrected chi connectivity index (χ1v) is 13.0. The van der Waals surface area contributed by atoms with Crippen molar-refractivity contribution < 1.29 is 23.4 Å². The molecule has 5 rings (SSSR count). The van der Waals surface area contributed by atoms with Crippen molar-refractivity contribution in [2.24, 2.45) is 4.99 Å². The molecule has 0 fully saturated rings. The maximum Gasteiger partial charge on any atom is 0.230 e. The van der Waals surface area contributed by atoms with E-state index in [1.54, 1.807) is 40.6 Å². The van der Waals surface area contributed by atoms with Crippen LogP contribution in [-0.4, -0.2) is 38.6 Å². The smallest absolute Gasteiger partial charge is 0.230 e. The number of hydrogen-bond acceptors (Lipinski definition) is 10. The maximum atomic E-state index is 6.32. The molecule has 0 bridgehead atoms. The van der Waals surface area contributed by atoms with Gasteiger partial charge in [-0.2, -0.15) is 0 Å². The van der Waals surface area contributed by atoms with E-state index >= 15 is 0 Å². The monoisotopic (exact) mass is 544 g/mol. The average Bonchev–Trinajstić information content (AvgIpc) is 3.44. The van der Waals surface area contributed by atoms with Gasteiger partial charge in [-0.1, -0.05) is 42.5 Å². The van der Waals surface area contributed by atoms with Crippen LogP contribution in [0.1, 0.15) is 12.5 Å². The highest BCUT2D eigenvalue weighted by Crippen LogP contribution is 2.41. The van der Waals surface area contributed by atoms with Crippen molar-refractivity contribution in [2.45, 2.75) is 13.3 Å². The van der Waals surface area contributed by atoms with Gasteiger partial charge in [0.15, 0.2) is 27.8 Å². The van der Waals surface area contributed by atoms with Gasteiger partial charge in [0.05, 0.1) is 39.7 Å². The van der Waals surface area contributed by atoms with E-state index in [-0.39, 0.29) is 0 Å². The Morgan fingerprint density at radius 3 is 2.21 bits per heavy atom. The Balaban J connectivity index is 1.59. The van der Waals surface area contributed by atoms with Crippen molar-refractivity contribution in [1.82, 2.24) is 10.2 Å². The molecule has 1 N–H and O–H groups in total. The summed E-state index contributed by atoms with van der Waals surface area (Å²) in [6, 6.07) is 19.4. The van der Waals surface area contributed by atoms with Crippen LogP contribution in [-0.2, 0) is 6.42 Å². The zero-order chi connectivity index (χ0) is 27.4. The highest BCUT2D eigenvalue weighted by atomic mass is 32.1. The fourth-order valence-electron chi connectivity index (χ4n) is 4.10. The van der Waals surface area contributed by atoms with Crippen LogP contribution >= 0.6 is 11.3 Å². The lowest BCUT2D eigenvalue weighted by molar-refractivity contribution is 0.324. The number of hydrogen-bond donors (Lipinski definition) is 1. The zero-order valence-electron chi connectivity index (χ0n) is 22.3. The van der Waals surface area contributed by atoms with Crippen LogP contribution < -0.4 is 29.8 Å². The highest BCUT2D eigenvalue weighted by Gasteiger charge is 2.17. The number of nitrogens with zero attached hydrogens (tertiary/aromatic N) is 3. The van der Waals surface area contributed by atoms with Gasteiger partial charge in [-0.15, -0.1) is 10.2 Å². The molecular formula is C29H28N4O5S. The molecular weight excluding hydrogens is 516 g/mol. The molecule has 0 radical (unpaired) electrons. The molecule has 0 saturated carbocycles. The van der Waals surface area contributed by atoms with Gasteiger partial charge in [-0.05, 0) is 36.2 Å². The molecule has 0 aliphatic carbocycles. The lowest BCUT2D eigenvalue weighted by Crippen LogP contribution is -2.06. The Morgan fingerprint density at radius 1 is 0.846 bits per heavy atom. The number of ether oxygens (including phenoxy) is 4. The first-order chi connectivity index (χ1) is 19.1. The third-order valence-corrected chi connectivity index (χ3v) is 6.98. The van der Waals surface area contributed by atoms with Gasteiger partial charge in [-0.25, -0.2) is 4.99 Å². The Labute approximate surface area is 229 Å². The minimum absolute atomic E-state index is 0.409. The SMILES string of the molecule is CCc1ccc(N=c2oc3c(OC)cccc3cc2-c2nnc(Nc3cc(OC)c(OC)c(OC)c3)s2)cc1. The molecule has 0 aliphatic rings. The Morgan fingerprint density at radius 2 is 1.56 bits per heavy atom. The number of para-hydroxylation sites is 1. The summed E-state index contributed by atoms with van der Waals surface area (Å²) in [4.78, 5) is 4.83. The van der Waals surface area contributed by atoms with E-state index in [0.717, 1.165) is 17.5 Å². The standard InChI is InChI=1S/C29H28N4O5S/c1-6-17-10-12-19(13-11-17)30-27-21(14-18-8-7-9-22(34-2)25(18)38-27)28-32-33-29(39-28)31-20-15-23(35-3)26(37-5)24(16-20)36-4/h7-16H,6H2,1-5H3,(H,31,33). The molecule has 0 unspecified atom stereocenters. The molecule has 10 heteroatoms. The van der Waals surface area contributed by atoms with Crippen molar-refractivity contribution in [3.8, 4) is 33.6 Å². The largest absolute Gasteiger partial charge is 0.493 e. The van der Waals surface area contributed by atoms with Crippen LogP contribution in [0.25, 0.3) is 21.5 Å². The maximum absolute atomic E-state index is 6.32. The van der Waals surface area contributed by atoms with Crippen molar-refractivity contribution >= 4 is 38.8 Å². The van der Waals surface area contributed by atoms with E-state index in [2.05, 4.69) is 34.6 Å². The number of benzene rings is 3. The third kappa shape index (κ3) is 5.37. The van der Waals surface area contributed by atoms with Gasteiger partial charge in [0, 0.05) is 23.2 Å². The average molecular weight is 545 g/mol. The number of anilines is 2. The molecule has 0 amide bonds. The first kappa shape index (κ1) is 26.1. The van der Waals surface area contributed by atoms with E-state index in [1.807, 2.05) is 36.4 Å². The second-order valence-electron chi connectivity index (χ2n) is 8.43. The van der Waals surface area contributed by atoms with Crippen molar-refractivity contribution in [2.75, 3.05) is 33.8 Å². The lowest BCUT2D eigenvalue weighted by Gasteiger charge is -2.14. The van der Waals surface area contributed by atoms with Gasteiger partial charge >= 0.3 is 0 Å². The van der Waals surface area contributed by atoms with Gasteiger partial charge < -0.3 is 28.7 Å². The van der Waals surface area contributed by atoms with Crippen molar-refractivity contribution in [1.29, 1.82) is 0 Å². The molecule has 5 aromatic rings. The summed E-state index contributed by atoms with van der Waals surface area (Å²) >= 11 is 1.37. The predicted molar refractivity (Wildman–Crippen MR) is 152 cm³/mol. The Hall–Kier alpha value is -4.57. The van der Waals surface area contributed by atoms with Crippen LogP contribution in [0.4, 0.5) is 16.5 Å². The number of nitrogens with one attached hydrogen (secondary N) is 1. The number of methoxy groups -OCH3 is 4. The summed E-state index contributed by atoms with van der Waals surface area (Å²) in [5.74, 6) is 2.19. The van der Waals surface area contributed by atoms with Crippen LogP contribution in [0.15, 0.2) is 70.1 Å². The van der Waals surface area contributed by atoms with E-state index in [0.29, 0.717) is 55.5 Å². The van der Waals surface area contributed by atoms with E-state index in [9.17, 15) is 0 Å². The van der Waals surface area contributed by atoms with E-state index in [4.69, 9.17) is 28.4 Å². The third-order valence-electron chi connectivity index (χ3n) is 6.10. The fraction of sp³-hybridized carbons (Fsp3) is 0.207. The normalized spacial score (nSPS) is 11.5. The molecule has 3 aromatic carbocycles. The summed E-state index contributed by atoms with van der Waals surface area (Å²) < 4.78 is 28.2. The van der Waals surface area contributed by atoms with Crippen LogP contribution in [0.3, 0.4) is 0 Å². The minimum Gasteiger partial charge on any atom is -0.493 e. The molecule has 0 spiro atoms. The second kappa shape index (κ2) is 11.4. The zero-order valence-corrected chi connectivity index (χ0v) is 23.1. The topological polar surface area (TPSA) is 100 Å². The molecule has 2 heterocycles. The van der Waals surface area contributed by atoms with Crippen LogP contribution in [0, 0.1) is 0 Å². The quantitative estimate of drug-likeness (QED) is 0.224. The molecule has 0 saturated heterocycles. The van der Waals surface area contributed by atoms with E-state index in [1.165, 1.54) is 16.9 Å². The highest BCUT2D eigenvalue weighted by molar-refractivity contribution is 7.18. The van der Waals surface area contributed by atoms with E-state index < -0.39 is 0 Å². The molecule has 0 atom stereocenters. The van der Waals surface area contributed by atoms with Crippen LogP contribution in [0.5, 0.6) is 23.0 Å². The number of aryl methyl sites for hydroxylation is 1. The number of rotatable bonds is 9. The summed E-state index contributed by atoms with van der Waals surface area (Å²) in [6.45, 7) is 2.12. The molecule has 200 valence electrons. The van der Waals surface area contributed by atoms with Crippen molar-refractivity contribution in [3.63, 3.8) is 0 Å². The first-order valence-electron chi connectivity index (χ1n) is 12.2. The molecule has 9 nitrogen and oxygen atoms in total. The predicted octanol–water partition coefficient (Wildman–Crippen LogP) is 6.52. The summed E-state index contributed by atoms with van der Waals surface area (Å²) in [5, 5.41) is 14.2. The Kier molecular flexibility index (Phi) is 7.64. The summed E-state index contributed by atoms with van der Waals surface area (Å²) in [7, 11) is 6.33. The van der Waals surface area contributed by atoms with Crippen molar-refractivity contribution in [3.05, 3.63) is 71.8 Å². The molecule has 2 aromatic heterocycles. The number of aromatic nitrogens is 2. The second-order valence-corrected chi connectivity index (χ2v) is 9.40. The van der Waals surface area contributed by atoms with Gasteiger partial charge in [0.2, 0.25) is 16.4 Å². The van der Waals surface area contributed by atoms with Crippen LogP contribution in [0.2, 0.25) is 0 Å². The lowest BCUT2D eigenvalue weighted by atomic mass is 10.1. The number of fused-ring (bicyclic) bond motifs is 1. The minimum atomic E-state index is 0.409. The summed E-state index contributed by atoms with van der Waals surface area (Å²) in [6.07, 6.45) is 0.954. The van der Waals surface area contributed by atoms with Gasteiger partial charge in [-0.3, -0.25) is 0 Å². The van der Waals surface area contributed by atoms with Gasteiger partial charge in [0.1, 0.15) is 0 Å². The fourth-order valence-corrected chi connectivity index (χ4v) is 4.88. The molecule has 39 heavy (non-hydrogen) atoms. The summed E-state index contributed by atoms with van der Waals surface area (Å²) in [5.41, 5.74) is 4.44. The van der Waals surface area contributed by atoms with Gasteiger partial charge in [0.25, 0.3) is 0 Å².